The third-order valence-corrected chi connectivity index (χ3v) is 5.49. The number of hydrogen-bond donors (Lipinski definition) is 3. The maximum atomic E-state index is 12.5. The summed E-state index contributed by atoms with van der Waals surface area (Å²) in [7, 11) is 0. The molecule has 0 spiro atoms. The molecule has 5 rings (SSSR count). The van der Waals surface area contributed by atoms with Gasteiger partial charge >= 0.3 is 12.1 Å². The Labute approximate surface area is 172 Å². The Kier molecular flexibility index (Phi) is 4.25. The number of anilines is 1. The molecule has 0 bridgehead atoms. The molecule has 3 N–H and O–H groups in total. The predicted octanol–water partition coefficient (Wildman–Crippen LogP) is 5.23. The number of hydrogen-bond acceptors (Lipinski definition) is 3. The molecule has 6 nitrogen and oxygen atoms in total. The molecule has 0 aliphatic heterocycles. The second-order valence-corrected chi connectivity index (χ2v) is 7.18. The maximum Gasteiger partial charge on any atom is 0.412 e. The lowest BCUT2D eigenvalue weighted by atomic mass is 9.98. The van der Waals surface area contributed by atoms with Gasteiger partial charge in [0.15, 0.2) is 0 Å². The van der Waals surface area contributed by atoms with Crippen LogP contribution in [0.2, 0.25) is 0 Å². The van der Waals surface area contributed by atoms with Gasteiger partial charge in [-0.2, -0.15) is 0 Å². The standard InChI is InChI=1S/C24H18N2O4/c27-23(28)21-18-11-5-6-12-20(18)25-22(21)26-24(29)30-13-19-16-9-3-1-7-14(16)15-8-2-4-10-17(15)19/h1-12,19,25H,13H2,(H,26,29)(H,27,28). The lowest BCUT2D eigenvalue weighted by Gasteiger charge is -2.14. The number of para-hydroxylation sites is 1. The lowest BCUT2D eigenvalue weighted by molar-refractivity contribution is 0.0700. The Bertz CT molecular complexity index is 1250. The van der Waals surface area contributed by atoms with Gasteiger partial charge < -0.3 is 14.8 Å². The zero-order valence-corrected chi connectivity index (χ0v) is 15.9. The second-order valence-electron chi connectivity index (χ2n) is 7.18. The van der Waals surface area contributed by atoms with Gasteiger partial charge in [-0.15, -0.1) is 0 Å². The van der Waals surface area contributed by atoms with Crippen molar-refractivity contribution in [2.45, 2.75) is 5.92 Å². The lowest BCUT2D eigenvalue weighted by Crippen LogP contribution is -2.19. The van der Waals surface area contributed by atoms with Crippen LogP contribution in [0.4, 0.5) is 10.6 Å². The number of benzene rings is 3. The summed E-state index contributed by atoms with van der Waals surface area (Å²) in [6.45, 7) is 0.155. The number of aromatic amines is 1. The molecule has 4 aromatic rings. The molecule has 1 aliphatic carbocycles. The van der Waals surface area contributed by atoms with Crippen LogP contribution in [0.15, 0.2) is 72.8 Å². The van der Waals surface area contributed by atoms with E-state index in [1.807, 2.05) is 36.4 Å². The van der Waals surface area contributed by atoms with Crippen LogP contribution in [-0.4, -0.2) is 28.8 Å². The third-order valence-electron chi connectivity index (χ3n) is 5.49. The molecule has 30 heavy (non-hydrogen) atoms. The van der Waals surface area contributed by atoms with Crippen LogP contribution in [0.1, 0.15) is 27.4 Å². The number of aromatic carboxylic acids is 1. The largest absolute Gasteiger partial charge is 0.478 e. The number of H-pyrrole nitrogens is 1. The highest BCUT2D eigenvalue weighted by atomic mass is 16.5. The third kappa shape index (κ3) is 2.90. The first kappa shape index (κ1) is 18.0. The smallest absolute Gasteiger partial charge is 0.412 e. The van der Waals surface area contributed by atoms with Crippen LogP contribution in [0.3, 0.4) is 0 Å². The highest BCUT2D eigenvalue weighted by Gasteiger charge is 2.29. The number of fused-ring (bicyclic) bond motifs is 4. The fourth-order valence-corrected chi connectivity index (χ4v) is 4.19. The van der Waals surface area contributed by atoms with E-state index >= 15 is 0 Å². The minimum absolute atomic E-state index is 0.0131. The SMILES string of the molecule is O=C(Nc1[nH]c2ccccc2c1C(=O)O)OCC1c2ccccc2-c2ccccc21. The number of rotatable bonds is 4. The molecule has 0 radical (unpaired) electrons. The molecule has 148 valence electrons. The van der Waals surface area contributed by atoms with Gasteiger partial charge in [-0.1, -0.05) is 66.7 Å². The van der Waals surface area contributed by atoms with E-state index in [2.05, 4.69) is 22.4 Å². The molecule has 1 aliphatic rings. The van der Waals surface area contributed by atoms with Crippen LogP contribution in [0.5, 0.6) is 0 Å². The van der Waals surface area contributed by atoms with Gasteiger partial charge in [0.2, 0.25) is 0 Å². The molecule has 0 atom stereocenters. The molecular formula is C24H18N2O4. The first-order valence-electron chi connectivity index (χ1n) is 9.59. The first-order valence-corrected chi connectivity index (χ1v) is 9.59. The van der Waals surface area contributed by atoms with Crippen molar-refractivity contribution in [3.05, 3.63) is 89.5 Å². The molecule has 1 amide bonds. The summed E-state index contributed by atoms with van der Waals surface area (Å²) in [5, 5.41) is 12.7. The molecule has 6 heteroatoms. The van der Waals surface area contributed by atoms with Crippen LogP contribution in [0, 0.1) is 0 Å². The van der Waals surface area contributed by atoms with Crippen LogP contribution in [0.25, 0.3) is 22.0 Å². The van der Waals surface area contributed by atoms with Crippen LogP contribution < -0.4 is 5.32 Å². The highest BCUT2D eigenvalue weighted by Crippen LogP contribution is 2.44. The number of amides is 1. The summed E-state index contributed by atoms with van der Waals surface area (Å²) in [4.78, 5) is 27.1. The van der Waals surface area contributed by atoms with E-state index in [-0.39, 0.29) is 23.9 Å². The van der Waals surface area contributed by atoms with Crippen molar-refractivity contribution in [2.75, 3.05) is 11.9 Å². The Morgan fingerprint density at radius 3 is 2.17 bits per heavy atom. The molecule has 1 aromatic heterocycles. The van der Waals surface area contributed by atoms with Gasteiger partial charge in [0.25, 0.3) is 0 Å². The highest BCUT2D eigenvalue weighted by molar-refractivity contribution is 6.10. The Morgan fingerprint density at radius 1 is 0.900 bits per heavy atom. The Morgan fingerprint density at radius 2 is 1.50 bits per heavy atom. The number of nitrogens with one attached hydrogen (secondary N) is 2. The summed E-state index contributed by atoms with van der Waals surface area (Å²) in [6, 6.07) is 23.1. The van der Waals surface area contributed by atoms with Crippen molar-refractivity contribution >= 4 is 28.8 Å². The molecule has 0 unspecified atom stereocenters. The summed E-state index contributed by atoms with van der Waals surface area (Å²) in [6.07, 6.45) is -0.703. The van der Waals surface area contributed by atoms with Crippen molar-refractivity contribution in [3.8, 4) is 11.1 Å². The van der Waals surface area contributed by atoms with Crippen molar-refractivity contribution in [1.29, 1.82) is 0 Å². The van der Waals surface area contributed by atoms with Gasteiger partial charge in [-0.05, 0) is 28.3 Å². The van der Waals surface area contributed by atoms with E-state index in [0.29, 0.717) is 10.9 Å². The van der Waals surface area contributed by atoms with E-state index in [1.165, 1.54) is 0 Å². The fourth-order valence-electron chi connectivity index (χ4n) is 4.19. The summed E-state index contributed by atoms with van der Waals surface area (Å²) >= 11 is 0. The number of carbonyl (C=O) groups excluding carboxylic acids is 1. The summed E-state index contributed by atoms with van der Waals surface area (Å²) in [5.41, 5.74) is 5.16. The molecule has 0 saturated heterocycles. The van der Waals surface area contributed by atoms with E-state index in [0.717, 1.165) is 22.3 Å². The van der Waals surface area contributed by atoms with Crippen LogP contribution >= 0.6 is 0 Å². The van der Waals surface area contributed by atoms with Crippen molar-refractivity contribution < 1.29 is 19.4 Å². The normalized spacial score (nSPS) is 12.4. The van der Waals surface area contributed by atoms with Crippen molar-refractivity contribution in [1.82, 2.24) is 4.98 Å². The number of ether oxygens (including phenoxy) is 1. The van der Waals surface area contributed by atoms with Gasteiger partial charge in [-0.25, -0.2) is 9.59 Å². The van der Waals surface area contributed by atoms with E-state index in [9.17, 15) is 14.7 Å². The fraction of sp³-hybridized carbons (Fsp3) is 0.0833. The second kappa shape index (κ2) is 7.08. The number of carboxylic acid groups (broad SMARTS) is 1. The number of carbonyl (C=O) groups is 2. The first-order chi connectivity index (χ1) is 14.6. The zero-order chi connectivity index (χ0) is 20.7. The van der Waals surface area contributed by atoms with Crippen molar-refractivity contribution in [3.63, 3.8) is 0 Å². The number of aromatic nitrogens is 1. The van der Waals surface area contributed by atoms with E-state index in [1.54, 1.807) is 24.3 Å². The van der Waals surface area contributed by atoms with Gasteiger partial charge in [0.1, 0.15) is 18.0 Å². The Balaban J connectivity index is 1.37. The minimum atomic E-state index is -1.12. The van der Waals surface area contributed by atoms with Gasteiger partial charge in [0, 0.05) is 16.8 Å². The average Bonchev–Trinajstić information content (AvgIpc) is 3.27. The van der Waals surface area contributed by atoms with Gasteiger partial charge in [0.05, 0.1) is 0 Å². The molecule has 3 aromatic carbocycles. The summed E-state index contributed by atoms with van der Waals surface area (Å²) < 4.78 is 5.51. The monoisotopic (exact) mass is 398 g/mol. The quantitative estimate of drug-likeness (QED) is 0.439. The molecule has 0 fully saturated rings. The predicted molar refractivity (Wildman–Crippen MR) is 114 cm³/mol. The van der Waals surface area contributed by atoms with E-state index < -0.39 is 12.1 Å². The molecule has 1 heterocycles. The minimum Gasteiger partial charge on any atom is -0.478 e. The number of carboxylic acids is 1. The molecule has 0 saturated carbocycles. The topological polar surface area (TPSA) is 91.4 Å². The maximum absolute atomic E-state index is 12.5. The Hall–Kier alpha value is -4.06. The van der Waals surface area contributed by atoms with Crippen molar-refractivity contribution in [2.24, 2.45) is 0 Å². The molecular weight excluding hydrogens is 380 g/mol. The van der Waals surface area contributed by atoms with E-state index in [4.69, 9.17) is 4.74 Å². The summed E-state index contributed by atoms with van der Waals surface area (Å²) in [5.74, 6) is -1.08. The van der Waals surface area contributed by atoms with Gasteiger partial charge in [-0.3, -0.25) is 5.32 Å². The zero-order valence-electron chi connectivity index (χ0n) is 15.9. The average molecular weight is 398 g/mol. The van der Waals surface area contributed by atoms with Crippen LogP contribution in [-0.2, 0) is 4.74 Å².